The smallest absolute Gasteiger partial charge is 0.497 e. The molecule has 9 nitrogen and oxygen atoms in total. The standard InChI is InChI=1S/C23H21F3N2O7S/c1-32-18-8-9-19(33-2)15(11-18)13-34-20-12-16(5-10-21(20)36(27,30)31)28-22(29)14-3-6-17(7-4-14)35-23(24,25)26/h3-12H,13H2,1-2H3,(H,28,29)(H2,27,30,31). The number of rotatable bonds is 9. The minimum Gasteiger partial charge on any atom is -0.497 e. The number of carbonyl (C=O) groups excluding carboxylic acids is 1. The van der Waals surface area contributed by atoms with Crippen LogP contribution < -0.4 is 29.4 Å². The van der Waals surface area contributed by atoms with Gasteiger partial charge in [0.05, 0.1) is 14.2 Å². The highest BCUT2D eigenvalue weighted by Gasteiger charge is 2.31. The molecule has 3 aromatic rings. The molecule has 3 rings (SSSR count). The van der Waals surface area contributed by atoms with Crippen LogP contribution in [0.15, 0.2) is 65.6 Å². The van der Waals surface area contributed by atoms with Gasteiger partial charge in [0.2, 0.25) is 10.0 Å². The predicted octanol–water partition coefficient (Wildman–Crippen LogP) is 4.08. The maximum atomic E-state index is 12.5. The Morgan fingerprint density at radius 3 is 2.17 bits per heavy atom. The molecule has 0 spiro atoms. The molecule has 0 aliphatic rings. The summed E-state index contributed by atoms with van der Waals surface area (Å²) in [6.07, 6.45) is -4.86. The third-order valence-corrected chi connectivity index (χ3v) is 5.68. The minimum absolute atomic E-state index is 0.0311. The highest BCUT2D eigenvalue weighted by molar-refractivity contribution is 7.89. The number of sulfonamides is 1. The van der Waals surface area contributed by atoms with Crippen LogP contribution in [0.2, 0.25) is 0 Å². The molecule has 0 aromatic heterocycles. The van der Waals surface area contributed by atoms with Crippen molar-refractivity contribution in [1.29, 1.82) is 0 Å². The van der Waals surface area contributed by atoms with Crippen LogP contribution in [-0.2, 0) is 16.6 Å². The van der Waals surface area contributed by atoms with E-state index < -0.39 is 28.0 Å². The summed E-state index contributed by atoms with van der Waals surface area (Å²) in [5, 5.41) is 7.82. The second-order valence-corrected chi connectivity index (χ2v) is 8.73. The molecule has 192 valence electrons. The Balaban J connectivity index is 1.83. The predicted molar refractivity (Wildman–Crippen MR) is 123 cm³/mol. The Labute approximate surface area is 204 Å². The molecule has 0 radical (unpaired) electrons. The number of nitrogens with two attached hydrogens (primary N) is 1. The summed E-state index contributed by atoms with van der Waals surface area (Å²) in [5.41, 5.74) is 0.729. The third-order valence-electron chi connectivity index (χ3n) is 4.73. The Morgan fingerprint density at radius 2 is 1.58 bits per heavy atom. The first-order valence-corrected chi connectivity index (χ1v) is 11.6. The second-order valence-electron chi connectivity index (χ2n) is 7.20. The summed E-state index contributed by atoms with van der Waals surface area (Å²) in [7, 11) is -1.24. The molecule has 0 fully saturated rings. The number of hydrogen-bond acceptors (Lipinski definition) is 7. The van der Waals surface area contributed by atoms with Gasteiger partial charge in [-0.3, -0.25) is 4.79 Å². The molecular weight excluding hydrogens is 505 g/mol. The van der Waals surface area contributed by atoms with Crippen LogP contribution in [0.25, 0.3) is 0 Å². The van der Waals surface area contributed by atoms with Gasteiger partial charge in [-0.1, -0.05) is 0 Å². The highest BCUT2D eigenvalue weighted by atomic mass is 32.2. The van der Waals surface area contributed by atoms with Gasteiger partial charge in [0, 0.05) is 22.9 Å². The quantitative estimate of drug-likeness (QED) is 0.430. The van der Waals surface area contributed by atoms with Gasteiger partial charge in [0.25, 0.3) is 5.91 Å². The monoisotopic (exact) mass is 526 g/mol. The lowest BCUT2D eigenvalue weighted by atomic mass is 10.2. The van der Waals surface area contributed by atoms with Crippen molar-refractivity contribution in [3.05, 3.63) is 71.8 Å². The molecular formula is C23H21F3N2O7S. The minimum atomic E-state index is -4.86. The van der Waals surface area contributed by atoms with Crippen LogP contribution in [0.4, 0.5) is 18.9 Å². The first kappa shape index (κ1) is 26.6. The summed E-state index contributed by atoms with van der Waals surface area (Å²) in [5.74, 6) is -0.310. The van der Waals surface area contributed by atoms with E-state index in [1.165, 1.54) is 26.4 Å². The number of anilines is 1. The SMILES string of the molecule is COc1ccc(OC)c(COc2cc(NC(=O)c3ccc(OC(F)(F)F)cc3)ccc2S(N)(=O)=O)c1. The number of methoxy groups -OCH3 is 2. The summed E-state index contributed by atoms with van der Waals surface area (Å²) in [4.78, 5) is 12.2. The number of alkyl halides is 3. The van der Waals surface area contributed by atoms with E-state index in [1.807, 2.05) is 0 Å². The van der Waals surface area contributed by atoms with Crippen LogP contribution in [0.3, 0.4) is 0 Å². The van der Waals surface area contributed by atoms with E-state index in [2.05, 4.69) is 10.1 Å². The number of hydrogen-bond donors (Lipinski definition) is 2. The van der Waals surface area contributed by atoms with Crippen molar-refractivity contribution in [3.63, 3.8) is 0 Å². The van der Waals surface area contributed by atoms with Crippen LogP contribution in [0, 0.1) is 0 Å². The van der Waals surface area contributed by atoms with Gasteiger partial charge in [0.1, 0.15) is 34.5 Å². The molecule has 0 heterocycles. The summed E-state index contributed by atoms with van der Waals surface area (Å²) in [6, 6.07) is 12.9. The van der Waals surface area contributed by atoms with E-state index in [0.29, 0.717) is 17.1 Å². The van der Waals surface area contributed by atoms with Crippen molar-refractivity contribution in [2.75, 3.05) is 19.5 Å². The number of ether oxygens (including phenoxy) is 4. The van der Waals surface area contributed by atoms with Crippen LogP contribution in [0.1, 0.15) is 15.9 Å². The maximum absolute atomic E-state index is 12.5. The molecule has 13 heteroatoms. The van der Waals surface area contributed by atoms with Crippen molar-refractivity contribution in [1.82, 2.24) is 0 Å². The number of benzene rings is 3. The molecule has 0 atom stereocenters. The number of halogens is 3. The fourth-order valence-corrected chi connectivity index (χ4v) is 3.75. The van der Waals surface area contributed by atoms with E-state index >= 15 is 0 Å². The fourth-order valence-electron chi connectivity index (χ4n) is 3.10. The highest BCUT2D eigenvalue weighted by Crippen LogP contribution is 2.31. The van der Waals surface area contributed by atoms with Gasteiger partial charge in [-0.15, -0.1) is 13.2 Å². The van der Waals surface area contributed by atoms with Crippen molar-refractivity contribution in [2.45, 2.75) is 17.9 Å². The zero-order valence-corrected chi connectivity index (χ0v) is 19.8. The fraction of sp³-hybridized carbons (Fsp3) is 0.174. The maximum Gasteiger partial charge on any atom is 0.573 e. The van der Waals surface area contributed by atoms with Crippen molar-refractivity contribution < 1.29 is 45.3 Å². The zero-order chi connectivity index (χ0) is 26.5. The second kappa shape index (κ2) is 10.7. The summed E-state index contributed by atoms with van der Waals surface area (Å²) < 4.78 is 81.0. The number of carbonyl (C=O) groups is 1. The first-order chi connectivity index (χ1) is 16.9. The van der Waals surface area contributed by atoms with Gasteiger partial charge in [-0.05, 0) is 54.6 Å². The van der Waals surface area contributed by atoms with Crippen LogP contribution in [0.5, 0.6) is 23.0 Å². The normalized spacial score (nSPS) is 11.5. The Bertz CT molecular complexity index is 1340. The van der Waals surface area contributed by atoms with Crippen LogP contribution >= 0.6 is 0 Å². The van der Waals surface area contributed by atoms with Crippen LogP contribution in [-0.4, -0.2) is 34.9 Å². The van der Waals surface area contributed by atoms with E-state index in [0.717, 1.165) is 30.3 Å². The molecule has 1 amide bonds. The van der Waals surface area contributed by atoms with Crippen molar-refractivity contribution in [2.24, 2.45) is 5.14 Å². The van der Waals surface area contributed by atoms with Crippen molar-refractivity contribution in [3.8, 4) is 23.0 Å². The first-order valence-electron chi connectivity index (χ1n) is 10.1. The lowest BCUT2D eigenvalue weighted by Crippen LogP contribution is -2.17. The lowest BCUT2D eigenvalue weighted by molar-refractivity contribution is -0.274. The summed E-state index contributed by atoms with van der Waals surface area (Å²) >= 11 is 0. The topological polar surface area (TPSA) is 126 Å². The van der Waals surface area contributed by atoms with Gasteiger partial charge >= 0.3 is 6.36 Å². The molecule has 0 saturated carbocycles. The molecule has 3 N–H and O–H groups in total. The van der Waals surface area contributed by atoms with Crippen molar-refractivity contribution >= 4 is 21.6 Å². The largest absolute Gasteiger partial charge is 0.573 e. The molecule has 3 aromatic carbocycles. The third kappa shape index (κ3) is 7.02. The Morgan fingerprint density at radius 1 is 0.917 bits per heavy atom. The number of primary sulfonamides is 1. The van der Waals surface area contributed by atoms with E-state index in [1.54, 1.807) is 18.2 Å². The number of nitrogens with one attached hydrogen (secondary N) is 1. The number of amides is 1. The van der Waals surface area contributed by atoms with Gasteiger partial charge in [-0.25, -0.2) is 13.6 Å². The Hall–Kier alpha value is -3.97. The molecule has 0 aliphatic heterocycles. The molecule has 0 saturated heterocycles. The molecule has 36 heavy (non-hydrogen) atoms. The average molecular weight is 526 g/mol. The average Bonchev–Trinajstić information content (AvgIpc) is 2.81. The van der Waals surface area contributed by atoms with E-state index in [-0.39, 0.29) is 28.5 Å². The Kier molecular flexibility index (Phi) is 7.95. The molecule has 0 bridgehead atoms. The van der Waals surface area contributed by atoms with E-state index in [4.69, 9.17) is 19.3 Å². The lowest BCUT2D eigenvalue weighted by Gasteiger charge is -2.15. The van der Waals surface area contributed by atoms with Gasteiger partial charge in [0.15, 0.2) is 0 Å². The van der Waals surface area contributed by atoms with Gasteiger partial charge in [-0.2, -0.15) is 0 Å². The van der Waals surface area contributed by atoms with E-state index in [9.17, 15) is 26.4 Å². The molecule has 0 unspecified atom stereocenters. The van der Waals surface area contributed by atoms with Gasteiger partial charge < -0.3 is 24.3 Å². The zero-order valence-electron chi connectivity index (χ0n) is 19.0. The molecule has 0 aliphatic carbocycles. The summed E-state index contributed by atoms with van der Waals surface area (Å²) in [6.45, 7) is -0.124.